The second-order valence-corrected chi connectivity index (χ2v) is 11.4. The van der Waals surface area contributed by atoms with E-state index in [-0.39, 0.29) is 37.9 Å². The van der Waals surface area contributed by atoms with E-state index < -0.39 is 7.26 Å². The summed E-state index contributed by atoms with van der Waals surface area (Å²) < 4.78 is 0. The zero-order chi connectivity index (χ0) is 15.7. The largest absolute Gasteiger partial charge is 0.322 e. The van der Waals surface area contributed by atoms with E-state index in [1.54, 1.807) is 0 Å². The third-order valence-corrected chi connectivity index (χ3v) is 11.7. The Kier molecular flexibility index (Phi) is 7.25. The first-order valence-electron chi connectivity index (χ1n) is 8.20. The van der Waals surface area contributed by atoms with E-state index in [9.17, 15) is 4.79 Å². The smallest absolute Gasteiger partial charge is 0.268 e. The van der Waals surface area contributed by atoms with Gasteiger partial charge in [-0.25, -0.2) is 0 Å². The van der Waals surface area contributed by atoms with Crippen LogP contribution in [0.5, 0.6) is 0 Å². The van der Waals surface area contributed by atoms with Gasteiger partial charge in [0, 0.05) is 58.5 Å². The van der Waals surface area contributed by atoms with E-state index in [0.717, 1.165) is 29.7 Å². The van der Waals surface area contributed by atoms with E-state index in [2.05, 4.69) is 58.1 Å². The van der Waals surface area contributed by atoms with Crippen LogP contribution in [0.2, 0.25) is 0 Å². The van der Waals surface area contributed by atoms with Crippen LogP contribution in [-0.2, 0) is 37.5 Å². The predicted octanol–water partition coefficient (Wildman–Crippen LogP) is 4.85. The third-order valence-electron chi connectivity index (χ3n) is 5.59. The van der Waals surface area contributed by atoms with Crippen molar-refractivity contribution in [2.45, 2.75) is 52.6 Å². The van der Waals surface area contributed by atoms with Crippen LogP contribution in [0.25, 0.3) is 0 Å². The van der Waals surface area contributed by atoms with Gasteiger partial charge in [0.25, 0.3) is 5.91 Å². The molecule has 0 bridgehead atoms. The van der Waals surface area contributed by atoms with Crippen LogP contribution in [0.1, 0.15) is 44.7 Å². The summed E-state index contributed by atoms with van der Waals surface area (Å²) in [6.45, 7) is 11.0. The molecule has 0 aromatic heterocycles. The number of carbonyl (C=O) groups excluding carboxylic acids is 1. The Morgan fingerprint density at radius 1 is 1.09 bits per heavy atom. The molecule has 22 heavy (non-hydrogen) atoms. The second kappa shape index (κ2) is 7.86. The molecule has 1 amide bonds. The molecule has 4 heteroatoms. The maximum atomic E-state index is 13.0. The molecular formula is C18H29NOPY+. The van der Waals surface area contributed by atoms with Crippen LogP contribution < -0.4 is 5.32 Å². The average molecular weight is 395 g/mol. The van der Waals surface area contributed by atoms with E-state index in [1.807, 2.05) is 0 Å². The van der Waals surface area contributed by atoms with Crippen LogP contribution in [0, 0.1) is 13.8 Å². The number of carbonyl (C=O) groups is 1. The molecule has 0 atom stereocenters. The van der Waals surface area contributed by atoms with Gasteiger partial charge in [-0.3, -0.25) is 4.79 Å². The number of amides is 1. The molecule has 0 aliphatic heterocycles. The average Bonchev–Trinajstić information content (AvgIpc) is 3.27. The van der Waals surface area contributed by atoms with Crippen molar-refractivity contribution in [3.05, 3.63) is 29.3 Å². The van der Waals surface area contributed by atoms with Crippen molar-refractivity contribution in [1.82, 2.24) is 0 Å². The maximum absolute atomic E-state index is 13.0. The van der Waals surface area contributed by atoms with Gasteiger partial charge in [0.2, 0.25) is 0 Å². The third kappa shape index (κ3) is 3.35. The number of aryl methyl sites for hydroxylation is 2. The topological polar surface area (TPSA) is 29.1 Å². The Bertz CT molecular complexity index is 507. The predicted molar refractivity (Wildman–Crippen MR) is 95.1 cm³/mol. The van der Waals surface area contributed by atoms with Gasteiger partial charge >= 0.3 is 0 Å². The van der Waals surface area contributed by atoms with Crippen LogP contribution in [-0.4, -0.2) is 29.5 Å². The van der Waals surface area contributed by atoms with E-state index in [4.69, 9.17) is 0 Å². The molecule has 1 aromatic rings. The quantitative estimate of drug-likeness (QED) is 0.686. The first kappa shape index (κ1) is 20.3. The molecule has 0 saturated heterocycles. The van der Waals surface area contributed by atoms with Crippen LogP contribution in [0.15, 0.2) is 18.2 Å². The molecule has 119 valence electrons. The number of hydrogen-bond donors (Lipinski definition) is 1. The van der Waals surface area contributed by atoms with Gasteiger partial charge in [0.1, 0.15) is 0 Å². The number of anilines is 1. The number of hydrogen-bond acceptors (Lipinski definition) is 1. The first-order valence-corrected chi connectivity index (χ1v) is 10.5. The van der Waals surface area contributed by atoms with Crippen LogP contribution >= 0.6 is 7.26 Å². The van der Waals surface area contributed by atoms with Crippen molar-refractivity contribution in [1.29, 1.82) is 0 Å². The number of para-hydroxylation sites is 1. The van der Waals surface area contributed by atoms with E-state index in [0.29, 0.717) is 5.91 Å². The van der Waals surface area contributed by atoms with E-state index >= 15 is 0 Å². The standard InChI is InChI=1S/C18H28NOP.Y/c1-6-21(7-2,8-3)18(12-13-18)17(20)19-16-14(4)10-9-11-15(16)5;/h9-11H,6-8,12-13H2,1-5H3;/p+1. The minimum atomic E-state index is -1.17. The summed E-state index contributed by atoms with van der Waals surface area (Å²) >= 11 is 0. The normalized spacial score (nSPS) is 15.9. The number of rotatable bonds is 6. The molecule has 2 nitrogen and oxygen atoms in total. The zero-order valence-electron chi connectivity index (χ0n) is 14.7. The summed E-state index contributed by atoms with van der Waals surface area (Å²) in [6.07, 6.45) is 5.76. The van der Waals surface area contributed by atoms with Crippen LogP contribution in [0.4, 0.5) is 5.69 Å². The van der Waals surface area contributed by atoms with Crippen molar-refractivity contribution in [3.8, 4) is 0 Å². The molecule has 1 aromatic carbocycles. The number of benzene rings is 1. The molecule has 1 aliphatic carbocycles. The van der Waals surface area contributed by atoms with Crippen molar-refractivity contribution in [2.75, 3.05) is 23.8 Å². The van der Waals surface area contributed by atoms with Gasteiger partial charge in [-0.1, -0.05) is 18.2 Å². The van der Waals surface area contributed by atoms with Crippen LogP contribution in [0.3, 0.4) is 0 Å². The molecule has 2 rings (SSSR count). The van der Waals surface area contributed by atoms with Crippen molar-refractivity contribution >= 4 is 18.9 Å². The summed E-state index contributed by atoms with van der Waals surface area (Å²) in [5.74, 6) is 0.291. The molecule has 1 fully saturated rings. The van der Waals surface area contributed by atoms with Gasteiger partial charge < -0.3 is 5.32 Å². The molecule has 1 saturated carbocycles. The SMILES string of the molecule is CC[P+](CC)(CC)C1(C(=O)Nc2c(C)cccc2C)CC1.[Y]. The molecular weight excluding hydrogens is 366 g/mol. The molecule has 0 spiro atoms. The minimum absolute atomic E-state index is 0. The zero-order valence-corrected chi connectivity index (χ0v) is 18.4. The van der Waals surface area contributed by atoms with Crippen molar-refractivity contribution in [2.24, 2.45) is 0 Å². The van der Waals surface area contributed by atoms with Gasteiger partial charge in [0.15, 0.2) is 5.16 Å². The Morgan fingerprint density at radius 3 is 1.91 bits per heavy atom. The molecule has 1 aliphatic rings. The summed E-state index contributed by atoms with van der Waals surface area (Å²) in [5.41, 5.74) is 3.34. The Balaban J connectivity index is 0.00000242. The fraction of sp³-hybridized carbons (Fsp3) is 0.611. The van der Waals surface area contributed by atoms with Gasteiger partial charge in [-0.2, -0.15) is 0 Å². The minimum Gasteiger partial charge on any atom is -0.322 e. The van der Waals surface area contributed by atoms with E-state index in [1.165, 1.54) is 18.5 Å². The first-order chi connectivity index (χ1) is 9.96. The second-order valence-electron chi connectivity index (χ2n) is 6.35. The molecule has 1 radical (unpaired) electrons. The summed E-state index contributed by atoms with van der Waals surface area (Å²) in [6, 6.07) is 6.20. The Labute approximate surface area is 161 Å². The molecule has 0 heterocycles. The fourth-order valence-electron chi connectivity index (χ4n) is 3.86. The van der Waals surface area contributed by atoms with Crippen molar-refractivity contribution < 1.29 is 37.5 Å². The van der Waals surface area contributed by atoms with Gasteiger partial charge in [-0.15, -0.1) is 0 Å². The van der Waals surface area contributed by atoms with Crippen molar-refractivity contribution in [3.63, 3.8) is 0 Å². The Morgan fingerprint density at radius 2 is 1.55 bits per heavy atom. The summed E-state index contributed by atoms with van der Waals surface area (Å²) in [5, 5.41) is 3.25. The summed E-state index contributed by atoms with van der Waals surface area (Å²) in [4.78, 5) is 13.0. The maximum Gasteiger partial charge on any atom is 0.268 e. The van der Waals surface area contributed by atoms with Gasteiger partial charge in [-0.05, 0) is 45.7 Å². The molecule has 1 N–H and O–H groups in total. The number of nitrogens with one attached hydrogen (secondary N) is 1. The molecule has 0 unspecified atom stereocenters. The fourth-order valence-corrected chi connectivity index (χ4v) is 8.56. The Hall–Kier alpha value is 0.224. The van der Waals surface area contributed by atoms with Gasteiger partial charge in [0.05, 0.1) is 18.5 Å². The monoisotopic (exact) mass is 395 g/mol. The summed E-state index contributed by atoms with van der Waals surface area (Å²) in [7, 11) is -1.17.